The van der Waals surface area contributed by atoms with Crippen LogP contribution in [0.2, 0.25) is 0 Å². The molecule has 0 aliphatic carbocycles. The Hall–Kier alpha value is -0.120. The molecule has 0 aliphatic rings. The van der Waals surface area contributed by atoms with Gasteiger partial charge in [-0.2, -0.15) is 0 Å². The van der Waals surface area contributed by atoms with Gasteiger partial charge in [0.1, 0.15) is 13.6 Å². The van der Waals surface area contributed by atoms with E-state index in [2.05, 4.69) is 4.74 Å². The number of aliphatic hydroxyl groups is 1. The van der Waals surface area contributed by atoms with Crippen molar-refractivity contribution in [2.75, 3.05) is 13.6 Å². The standard InChI is InChI=1S/C5H12O3/c1-5(2)8-4-7-3-6/h5-6H,3-4H2,1-2H3. The molecule has 3 heteroatoms. The molecule has 0 saturated heterocycles. The maximum absolute atomic E-state index is 8.08. The second kappa shape index (κ2) is 5.03. The molecular formula is C5H12O3. The largest absolute Gasteiger partial charge is 0.371 e. The van der Waals surface area contributed by atoms with Gasteiger partial charge < -0.3 is 14.6 Å². The average Bonchev–Trinajstić information content (AvgIpc) is 1.66. The molecule has 0 aromatic rings. The first-order valence-corrected chi connectivity index (χ1v) is 2.57. The van der Waals surface area contributed by atoms with Crippen molar-refractivity contribution in [3.8, 4) is 0 Å². The van der Waals surface area contributed by atoms with Crippen LogP contribution in [0.5, 0.6) is 0 Å². The van der Waals surface area contributed by atoms with E-state index in [0.29, 0.717) is 0 Å². The van der Waals surface area contributed by atoms with E-state index in [1.54, 1.807) is 0 Å². The lowest BCUT2D eigenvalue weighted by Gasteiger charge is -2.04. The van der Waals surface area contributed by atoms with Crippen molar-refractivity contribution in [1.29, 1.82) is 0 Å². The van der Waals surface area contributed by atoms with Crippen molar-refractivity contribution in [2.24, 2.45) is 0 Å². The molecule has 0 bridgehead atoms. The maximum atomic E-state index is 8.08. The highest BCUT2D eigenvalue weighted by molar-refractivity contribution is 4.29. The van der Waals surface area contributed by atoms with Crippen LogP contribution in [0.3, 0.4) is 0 Å². The van der Waals surface area contributed by atoms with Crippen LogP contribution in [-0.4, -0.2) is 24.8 Å². The average molecular weight is 120 g/mol. The molecule has 0 heterocycles. The van der Waals surface area contributed by atoms with Crippen molar-refractivity contribution >= 4 is 0 Å². The van der Waals surface area contributed by atoms with Crippen molar-refractivity contribution in [2.45, 2.75) is 20.0 Å². The fourth-order valence-corrected chi connectivity index (χ4v) is 0.221. The first-order chi connectivity index (χ1) is 3.77. The Morgan fingerprint density at radius 3 is 2.50 bits per heavy atom. The molecular weight excluding hydrogens is 108 g/mol. The van der Waals surface area contributed by atoms with Crippen molar-refractivity contribution < 1.29 is 14.6 Å². The number of hydrogen-bond acceptors (Lipinski definition) is 3. The van der Waals surface area contributed by atoms with E-state index >= 15 is 0 Å². The van der Waals surface area contributed by atoms with Gasteiger partial charge in [-0.15, -0.1) is 0 Å². The van der Waals surface area contributed by atoms with Crippen LogP contribution in [-0.2, 0) is 9.47 Å². The van der Waals surface area contributed by atoms with Gasteiger partial charge in [-0.1, -0.05) is 0 Å². The Bertz CT molecular complexity index is 44.9. The van der Waals surface area contributed by atoms with E-state index in [1.807, 2.05) is 13.8 Å². The van der Waals surface area contributed by atoms with E-state index in [0.717, 1.165) is 0 Å². The minimum absolute atomic E-state index is 0.168. The summed E-state index contributed by atoms with van der Waals surface area (Å²) in [7, 11) is 0. The van der Waals surface area contributed by atoms with Gasteiger partial charge in [-0.05, 0) is 13.8 Å². The molecule has 0 unspecified atom stereocenters. The topological polar surface area (TPSA) is 38.7 Å². The summed E-state index contributed by atoms with van der Waals surface area (Å²) in [6.07, 6.45) is 0.168. The van der Waals surface area contributed by atoms with Crippen molar-refractivity contribution in [1.82, 2.24) is 0 Å². The quantitative estimate of drug-likeness (QED) is 0.429. The third-order valence-corrected chi connectivity index (χ3v) is 0.576. The summed E-state index contributed by atoms with van der Waals surface area (Å²) < 4.78 is 9.38. The zero-order chi connectivity index (χ0) is 6.41. The molecule has 0 aliphatic heterocycles. The Morgan fingerprint density at radius 2 is 2.12 bits per heavy atom. The van der Waals surface area contributed by atoms with Crippen molar-refractivity contribution in [3.63, 3.8) is 0 Å². The fourth-order valence-electron chi connectivity index (χ4n) is 0.221. The Morgan fingerprint density at radius 1 is 1.50 bits per heavy atom. The first kappa shape index (κ1) is 7.88. The molecule has 0 aromatic heterocycles. The van der Waals surface area contributed by atoms with Crippen LogP contribution in [0.15, 0.2) is 0 Å². The molecule has 0 atom stereocenters. The molecule has 0 fully saturated rings. The van der Waals surface area contributed by atoms with Gasteiger partial charge in [-0.3, -0.25) is 0 Å². The summed E-state index contributed by atoms with van der Waals surface area (Å²) >= 11 is 0. The highest BCUT2D eigenvalue weighted by Crippen LogP contribution is 1.85. The van der Waals surface area contributed by atoms with E-state index in [-0.39, 0.29) is 19.7 Å². The zero-order valence-corrected chi connectivity index (χ0v) is 5.26. The summed E-state index contributed by atoms with van der Waals surface area (Å²) in [5.74, 6) is 0. The molecule has 0 amide bonds. The lowest BCUT2D eigenvalue weighted by atomic mass is 10.5. The molecule has 0 rings (SSSR count). The second-order valence-corrected chi connectivity index (χ2v) is 1.67. The summed E-state index contributed by atoms with van der Waals surface area (Å²) in [6.45, 7) is 3.71. The molecule has 3 nitrogen and oxygen atoms in total. The minimum Gasteiger partial charge on any atom is -0.371 e. The van der Waals surface area contributed by atoms with Crippen LogP contribution in [0.4, 0.5) is 0 Å². The third-order valence-electron chi connectivity index (χ3n) is 0.576. The SMILES string of the molecule is CC(C)OCOCO. The van der Waals surface area contributed by atoms with Crippen LogP contribution < -0.4 is 0 Å². The van der Waals surface area contributed by atoms with Crippen molar-refractivity contribution in [3.05, 3.63) is 0 Å². The fraction of sp³-hybridized carbons (Fsp3) is 1.00. The summed E-state index contributed by atoms with van der Waals surface area (Å²) in [4.78, 5) is 0. The van der Waals surface area contributed by atoms with Crippen LogP contribution in [0.1, 0.15) is 13.8 Å². The summed E-state index contributed by atoms with van der Waals surface area (Å²) in [5.41, 5.74) is 0. The van der Waals surface area contributed by atoms with Crippen LogP contribution in [0, 0.1) is 0 Å². The van der Waals surface area contributed by atoms with Crippen LogP contribution in [0.25, 0.3) is 0 Å². The highest BCUT2D eigenvalue weighted by Gasteiger charge is 1.89. The van der Waals surface area contributed by atoms with Gasteiger partial charge in [0.25, 0.3) is 0 Å². The molecule has 0 radical (unpaired) electrons. The first-order valence-electron chi connectivity index (χ1n) is 2.57. The van der Waals surface area contributed by atoms with E-state index in [1.165, 1.54) is 0 Å². The minimum atomic E-state index is -0.271. The number of hydrogen-bond donors (Lipinski definition) is 1. The van der Waals surface area contributed by atoms with Gasteiger partial charge in [-0.25, -0.2) is 0 Å². The highest BCUT2D eigenvalue weighted by atomic mass is 16.7. The normalized spacial score (nSPS) is 10.5. The van der Waals surface area contributed by atoms with E-state index in [9.17, 15) is 0 Å². The van der Waals surface area contributed by atoms with Crippen LogP contribution >= 0.6 is 0 Å². The van der Waals surface area contributed by atoms with E-state index < -0.39 is 0 Å². The molecule has 1 N–H and O–H groups in total. The summed E-state index contributed by atoms with van der Waals surface area (Å²) in [5, 5.41) is 8.08. The third kappa shape index (κ3) is 5.88. The lowest BCUT2D eigenvalue weighted by molar-refractivity contribution is -0.124. The Labute approximate surface area is 49.2 Å². The predicted octanol–water partition coefficient (Wildman–Crippen LogP) is 0.335. The molecule has 8 heavy (non-hydrogen) atoms. The predicted molar refractivity (Wildman–Crippen MR) is 29.3 cm³/mol. The zero-order valence-electron chi connectivity index (χ0n) is 5.26. The smallest absolute Gasteiger partial charge is 0.149 e. The molecule has 0 aromatic carbocycles. The Kier molecular flexibility index (Phi) is 4.95. The molecule has 0 saturated carbocycles. The van der Waals surface area contributed by atoms with Gasteiger partial charge in [0.05, 0.1) is 6.10 Å². The van der Waals surface area contributed by atoms with Gasteiger partial charge in [0.2, 0.25) is 0 Å². The lowest BCUT2D eigenvalue weighted by Crippen LogP contribution is -2.07. The van der Waals surface area contributed by atoms with Gasteiger partial charge >= 0.3 is 0 Å². The number of aliphatic hydroxyl groups excluding tert-OH is 1. The molecule has 0 spiro atoms. The monoisotopic (exact) mass is 120 g/mol. The Balaban J connectivity index is 2.72. The van der Waals surface area contributed by atoms with Gasteiger partial charge in [0, 0.05) is 0 Å². The molecule has 50 valence electrons. The maximum Gasteiger partial charge on any atom is 0.149 e. The number of ether oxygens (including phenoxy) is 2. The summed E-state index contributed by atoms with van der Waals surface area (Å²) in [6, 6.07) is 0. The van der Waals surface area contributed by atoms with E-state index in [4.69, 9.17) is 9.84 Å². The second-order valence-electron chi connectivity index (χ2n) is 1.67. The number of rotatable bonds is 4. The van der Waals surface area contributed by atoms with Gasteiger partial charge in [0.15, 0.2) is 0 Å².